The van der Waals surface area contributed by atoms with Crippen molar-refractivity contribution in [1.29, 1.82) is 0 Å². The average molecular weight is 461 g/mol. The van der Waals surface area contributed by atoms with E-state index in [1.807, 2.05) is 25.1 Å². The van der Waals surface area contributed by atoms with Crippen molar-refractivity contribution >= 4 is 23.4 Å². The van der Waals surface area contributed by atoms with Crippen LogP contribution >= 0.6 is 0 Å². The fourth-order valence-corrected chi connectivity index (χ4v) is 4.29. The number of carbonyl (C=O) groups excluding carboxylic acids is 3. The Hall–Kier alpha value is -3.94. The van der Waals surface area contributed by atoms with Crippen LogP contribution < -0.4 is 15.5 Å². The van der Waals surface area contributed by atoms with Crippen LogP contribution in [-0.2, 0) is 9.59 Å². The number of amides is 3. The highest BCUT2D eigenvalue weighted by molar-refractivity contribution is 6.04. The lowest BCUT2D eigenvalue weighted by atomic mass is 10.0. The van der Waals surface area contributed by atoms with Crippen LogP contribution in [0.3, 0.4) is 0 Å². The van der Waals surface area contributed by atoms with E-state index in [2.05, 4.69) is 15.6 Å². The van der Waals surface area contributed by atoms with Crippen molar-refractivity contribution in [3.8, 4) is 0 Å². The van der Waals surface area contributed by atoms with Gasteiger partial charge in [-0.2, -0.15) is 0 Å². The lowest BCUT2D eigenvalue weighted by Gasteiger charge is -2.33. The summed E-state index contributed by atoms with van der Waals surface area (Å²) in [6.07, 6.45) is 8.59. The first-order valence-electron chi connectivity index (χ1n) is 11.4. The minimum atomic E-state index is -0.941. The first kappa shape index (κ1) is 23.2. The molecule has 0 radical (unpaired) electrons. The number of furan rings is 1. The Bertz CT molecular complexity index is 1120. The van der Waals surface area contributed by atoms with Gasteiger partial charge in [0.2, 0.25) is 11.8 Å². The molecule has 1 fully saturated rings. The topological polar surface area (TPSA) is 105 Å². The number of nitrogens with one attached hydrogen (secondary N) is 2. The van der Waals surface area contributed by atoms with E-state index in [4.69, 9.17) is 4.42 Å². The van der Waals surface area contributed by atoms with Gasteiger partial charge in [0.25, 0.3) is 5.91 Å². The highest BCUT2D eigenvalue weighted by Gasteiger charge is 2.35. The highest BCUT2D eigenvalue weighted by Crippen LogP contribution is 2.31. The molecule has 1 aliphatic rings. The number of carbonyl (C=O) groups is 3. The summed E-state index contributed by atoms with van der Waals surface area (Å²) in [6.45, 7) is 1.58. The summed E-state index contributed by atoms with van der Waals surface area (Å²) in [5.74, 6) is -1.09. The lowest BCUT2D eigenvalue weighted by Crippen LogP contribution is -2.49. The second-order valence-corrected chi connectivity index (χ2v) is 8.39. The van der Waals surface area contributed by atoms with Gasteiger partial charge in [-0.1, -0.05) is 37.1 Å². The van der Waals surface area contributed by atoms with Gasteiger partial charge < -0.3 is 15.1 Å². The summed E-state index contributed by atoms with van der Waals surface area (Å²) in [6, 6.07) is 13.2. The van der Waals surface area contributed by atoms with E-state index in [1.54, 1.807) is 36.7 Å². The third kappa shape index (κ3) is 5.33. The van der Waals surface area contributed by atoms with Crippen molar-refractivity contribution in [2.75, 3.05) is 11.4 Å². The van der Waals surface area contributed by atoms with E-state index in [0.29, 0.717) is 11.3 Å². The Morgan fingerprint density at radius 2 is 1.88 bits per heavy atom. The molecular weight excluding hydrogens is 432 g/mol. The molecule has 2 aromatic heterocycles. The van der Waals surface area contributed by atoms with Crippen LogP contribution in [0.1, 0.15) is 53.4 Å². The number of aryl methyl sites for hydroxylation is 1. The predicted molar refractivity (Wildman–Crippen MR) is 127 cm³/mol. The summed E-state index contributed by atoms with van der Waals surface area (Å²) in [5, 5.41) is 5.73. The molecule has 0 saturated heterocycles. The first-order chi connectivity index (χ1) is 16.5. The molecule has 1 saturated carbocycles. The maximum Gasteiger partial charge on any atom is 0.287 e. The summed E-state index contributed by atoms with van der Waals surface area (Å²) in [5.41, 5.74) is 2.01. The van der Waals surface area contributed by atoms with Crippen molar-refractivity contribution in [3.63, 3.8) is 0 Å². The summed E-state index contributed by atoms with van der Waals surface area (Å²) in [4.78, 5) is 45.2. The molecule has 2 N–H and O–H groups in total. The number of aromatic nitrogens is 1. The summed E-state index contributed by atoms with van der Waals surface area (Å²) >= 11 is 0. The van der Waals surface area contributed by atoms with Crippen molar-refractivity contribution in [2.24, 2.45) is 0 Å². The zero-order valence-electron chi connectivity index (χ0n) is 19.1. The molecule has 0 bridgehead atoms. The van der Waals surface area contributed by atoms with E-state index in [-0.39, 0.29) is 24.3 Å². The number of benzene rings is 1. The number of anilines is 1. The summed E-state index contributed by atoms with van der Waals surface area (Å²) in [7, 11) is 0. The minimum absolute atomic E-state index is 0.0825. The van der Waals surface area contributed by atoms with Gasteiger partial charge in [-0.05, 0) is 49.6 Å². The van der Waals surface area contributed by atoms with Crippen LogP contribution in [0.25, 0.3) is 0 Å². The molecular formula is C26H28N4O4. The molecule has 1 unspecified atom stereocenters. The van der Waals surface area contributed by atoms with E-state index < -0.39 is 17.9 Å². The molecule has 34 heavy (non-hydrogen) atoms. The van der Waals surface area contributed by atoms with Crippen LogP contribution in [0.2, 0.25) is 0 Å². The Balaban J connectivity index is 1.67. The molecule has 1 aliphatic carbocycles. The quantitative estimate of drug-likeness (QED) is 0.535. The Morgan fingerprint density at radius 1 is 1.09 bits per heavy atom. The van der Waals surface area contributed by atoms with E-state index >= 15 is 0 Å². The molecule has 0 spiro atoms. The van der Waals surface area contributed by atoms with Gasteiger partial charge in [-0.3, -0.25) is 24.3 Å². The molecule has 1 atom stereocenters. The average Bonchev–Trinajstić information content (AvgIpc) is 3.56. The number of hydrogen-bond acceptors (Lipinski definition) is 5. The van der Waals surface area contributed by atoms with Crippen molar-refractivity contribution in [2.45, 2.75) is 44.7 Å². The standard InChI is InChI=1S/C26H28N4O4/c1-18-8-2-5-12-21(18)30(23(31)17-28-25(32)22-13-7-15-34-22)24(19-9-6-14-27-16-19)26(33)29-20-10-3-4-11-20/h2,5-9,12-16,20,24H,3-4,10-11,17H2,1H3,(H,28,32)(H,29,33). The molecule has 3 amide bonds. The molecule has 0 aliphatic heterocycles. The van der Waals surface area contributed by atoms with Gasteiger partial charge in [-0.25, -0.2) is 0 Å². The number of para-hydroxylation sites is 1. The maximum absolute atomic E-state index is 13.6. The van der Waals surface area contributed by atoms with Crippen LogP contribution in [0.4, 0.5) is 5.69 Å². The Labute approximate surface area is 198 Å². The van der Waals surface area contributed by atoms with E-state index in [0.717, 1.165) is 31.2 Å². The van der Waals surface area contributed by atoms with Gasteiger partial charge in [0.15, 0.2) is 5.76 Å². The van der Waals surface area contributed by atoms with Gasteiger partial charge >= 0.3 is 0 Å². The van der Waals surface area contributed by atoms with Crippen molar-refractivity contribution in [1.82, 2.24) is 15.6 Å². The second-order valence-electron chi connectivity index (χ2n) is 8.39. The maximum atomic E-state index is 13.6. The van der Waals surface area contributed by atoms with Crippen LogP contribution in [0.15, 0.2) is 71.6 Å². The number of hydrogen-bond donors (Lipinski definition) is 2. The van der Waals surface area contributed by atoms with Crippen LogP contribution in [0.5, 0.6) is 0 Å². The number of pyridine rings is 1. The molecule has 8 nitrogen and oxygen atoms in total. The van der Waals surface area contributed by atoms with Gasteiger partial charge in [0, 0.05) is 29.7 Å². The molecule has 2 heterocycles. The van der Waals surface area contributed by atoms with Crippen LogP contribution in [-0.4, -0.2) is 35.3 Å². The van der Waals surface area contributed by atoms with Crippen LogP contribution in [0, 0.1) is 6.92 Å². The lowest BCUT2D eigenvalue weighted by molar-refractivity contribution is -0.126. The monoisotopic (exact) mass is 460 g/mol. The fraction of sp³-hybridized carbons (Fsp3) is 0.308. The molecule has 3 aromatic rings. The third-order valence-corrected chi connectivity index (χ3v) is 6.00. The molecule has 8 heteroatoms. The van der Waals surface area contributed by atoms with Gasteiger partial charge in [0.05, 0.1) is 12.8 Å². The van der Waals surface area contributed by atoms with Gasteiger partial charge in [0.1, 0.15) is 6.04 Å². The molecule has 4 rings (SSSR count). The number of rotatable bonds is 8. The third-order valence-electron chi connectivity index (χ3n) is 6.00. The Morgan fingerprint density at radius 3 is 2.56 bits per heavy atom. The fourth-order valence-electron chi connectivity index (χ4n) is 4.29. The number of nitrogens with zero attached hydrogens (tertiary/aromatic N) is 2. The summed E-state index contributed by atoms with van der Waals surface area (Å²) < 4.78 is 5.11. The Kier molecular flexibility index (Phi) is 7.37. The largest absolute Gasteiger partial charge is 0.459 e. The molecule has 1 aromatic carbocycles. The van der Waals surface area contributed by atoms with E-state index in [1.165, 1.54) is 17.2 Å². The van der Waals surface area contributed by atoms with Crippen molar-refractivity contribution < 1.29 is 18.8 Å². The highest BCUT2D eigenvalue weighted by atomic mass is 16.3. The van der Waals surface area contributed by atoms with Crippen molar-refractivity contribution in [3.05, 3.63) is 84.1 Å². The zero-order valence-corrected chi connectivity index (χ0v) is 19.1. The molecule has 176 valence electrons. The van der Waals surface area contributed by atoms with Gasteiger partial charge in [-0.15, -0.1) is 0 Å². The predicted octanol–water partition coefficient (Wildman–Crippen LogP) is 3.55. The minimum Gasteiger partial charge on any atom is -0.459 e. The SMILES string of the molecule is Cc1ccccc1N(C(=O)CNC(=O)c1ccco1)C(C(=O)NC1CCCC1)c1cccnc1. The van der Waals surface area contributed by atoms with E-state index in [9.17, 15) is 14.4 Å². The normalized spacial score (nSPS) is 14.4. The first-order valence-corrected chi connectivity index (χ1v) is 11.4. The zero-order chi connectivity index (χ0) is 23.9. The second kappa shape index (κ2) is 10.8. The smallest absolute Gasteiger partial charge is 0.287 e.